The minimum absolute atomic E-state index is 0.117. The largest absolute Gasteiger partial charge is 0.394 e. The molecule has 0 saturated heterocycles. The molecule has 1 aliphatic heterocycles. The molecule has 1 aromatic heterocycles. The summed E-state index contributed by atoms with van der Waals surface area (Å²) < 4.78 is 1.99. The van der Waals surface area contributed by atoms with Crippen molar-refractivity contribution in [3.8, 4) is 0 Å². The van der Waals surface area contributed by atoms with Gasteiger partial charge in [0, 0.05) is 18.8 Å². The Morgan fingerprint density at radius 2 is 2.36 bits per heavy atom. The van der Waals surface area contributed by atoms with E-state index in [1.54, 1.807) is 0 Å². The monoisotopic (exact) mass is 195 g/mol. The predicted octanol–water partition coefficient (Wildman–Crippen LogP) is 0.640. The molecule has 4 nitrogen and oxygen atoms in total. The molecule has 1 aliphatic rings. The summed E-state index contributed by atoms with van der Waals surface area (Å²) in [7, 11) is 0. The van der Waals surface area contributed by atoms with Crippen molar-refractivity contribution in [3.05, 3.63) is 18.0 Å². The number of aromatic nitrogens is 2. The molecule has 4 heteroatoms. The van der Waals surface area contributed by atoms with Gasteiger partial charge in [0.2, 0.25) is 0 Å². The highest BCUT2D eigenvalue weighted by Crippen LogP contribution is 2.25. The van der Waals surface area contributed by atoms with Crippen LogP contribution in [0.5, 0.6) is 0 Å². The van der Waals surface area contributed by atoms with Crippen LogP contribution in [-0.4, -0.2) is 39.0 Å². The molecule has 78 valence electrons. The van der Waals surface area contributed by atoms with Gasteiger partial charge >= 0.3 is 0 Å². The molecule has 0 bridgehead atoms. The lowest BCUT2D eigenvalue weighted by molar-refractivity contribution is 0.0668. The van der Waals surface area contributed by atoms with Crippen LogP contribution in [-0.2, 0) is 6.54 Å². The van der Waals surface area contributed by atoms with Crippen LogP contribution < -0.4 is 0 Å². The van der Waals surface area contributed by atoms with E-state index in [9.17, 15) is 5.11 Å². The minimum Gasteiger partial charge on any atom is -0.394 e. The zero-order chi connectivity index (χ0) is 10.1. The van der Waals surface area contributed by atoms with E-state index in [-0.39, 0.29) is 12.6 Å². The van der Waals surface area contributed by atoms with E-state index in [0.29, 0.717) is 6.04 Å². The second-order valence-corrected chi connectivity index (χ2v) is 4.01. The van der Waals surface area contributed by atoms with Crippen molar-refractivity contribution in [1.29, 1.82) is 0 Å². The molecule has 0 aromatic carbocycles. The fourth-order valence-corrected chi connectivity index (χ4v) is 2.17. The van der Waals surface area contributed by atoms with Crippen LogP contribution in [0, 0.1) is 0 Å². The lowest BCUT2D eigenvalue weighted by Gasteiger charge is -2.37. The zero-order valence-electron chi connectivity index (χ0n) is 8.72. The fraction of sp³-hybridized carbons (Fsp3) is 0.700. The fourth-order valence-electron chi connectivity index (χ4n) is 2.17. The van der Waals surface area contributed by atoms with Gasteiger partial charge < -0.3 is 5.11 Å². The Labute approximate surface area is 84.1 Å². The number of fused-ring (bicyclic) bond motifs is 1. The van der Waals surface area contributed by atoms with E-state index in [0.717, 1.165) is 18.8 Å². The molecule has 0 amide bonds. The van der Waals surface area contributed by atoms with Gasteiger partial charge in [-0.15, -0.1) is 0 Å². The van der Waals surface area contributed by atoms with Gasteiger partial charge in [0.05, 0.1) is 24.9 Å². The highest BCUT2D eigenvalue weighted by Gasteiger charge is 2.28. The predicted molar refractivity (Wildman–Crippen MR) is 53.9 cm³/mol. The molecule has 0 aliphatic carbocycles. The first kappa shape index (κ1) is 9.68. The number of nitrogens with zero attached hydrogens (tertiary/aromatic N) is 3. The molecule has 1 unspecified atom stereocenters. The Morgan fingerprint density at radius 3 is 3.00 bits per heavy atom. The van der Waals surface area contributed by atoms with Gasteiger partial charge in [-0.2, -0.15) is 5.10 Å². The Morgan fingerprint density at radius 1 is 1.57 bits per heavy atom. The molecule has 2 heterocycles. The Balaban J connectivity index is 2.29. The molecule has 1 atom stereocenters. The van der Waals surface area contributed by atoms with Crippen molar-refractivity contribution in [2.75, 3.05) is 13.2 Å². The van der Waals surface area contributed by atoms with Gasteiger partial charge in [0.25, 0.3) is 0 Å². The van der Waals surface area contributed by atoms with Crippen molar-refractivity contribution in [2.45, 2.75) is 32.5 Å². The maximum absolute atomic E-state index is 9.39. The average Bonchev–Trinajstić information content (AvgIpc) is 2.63. The van der Waals surface area contributed by atoms with E-state index in [1.807, 2.05) is 16.9 Å². The first-order valence-corrected chi connectivity index (χ1v) is 5.12. The highest BCUT2D eigenvalue weighted by molar-refractivity contribution is 5.10. The van der Waals surface area contributed by atoms with Crippen molar-refractivity contribution in [1.82, 2.24) is 14.7 Å². The van der Waals surface area contributed by atoms with Crippen LogP contribution in [0.15, 0.2) is 12.3 Å². The van der Waals surface area contributed by atoms with Crippen LogP contribution in [0.4, 0.5) is 0 Å². The summed E-state index contributed by atoms with van der Waals surface area (Å²) in [5.74, 6) is 0. The molecule has 1 aromatic rings. The van der Waals surface area contributed by atoms with Gasteiger partial charge in [-0.3, -0.25) is 9.58 Å². The first-order valence-electron chi connectivity index (χ1n) is 5.12. The third-order valence-electron chi connectivity index (χ3n) is 2.90. The van der Waals surface area contributed by atoms with E-state index in [2.05, 4.69) is 23.8 Å². The second-order valence-electron chi connectivity index (χ2n) is 4.01. The first-order chi connectivity index (χ1) is 6.74. The van der Waals surface area contributed by atoms with Gasteiger partial charge in [-0.25, -0.2) is 0 Å². The molecular weight excluding hydrogens is 178 g/mol. The third kappa shape index (κ3) is 1.44. The quantitative estimate of drug-likeness (QED) is 0.753. The molecule has 0 fully saturated rings. The van der Waals surface area contributed by atoms with Gasteiger partial charge in [0.15, 0.2) is 0 Å². The molecule has 0 saturated carbocycles. The maximum atomic E-state index is 9.39. The zero-order valence-corrected chi connectivity index (χ0v) is 8.72. The van der Waals surface area contributed by atoms with E-state index in [1.165, 1.54) is 0 Å². The lowest BCUT2D eigenvalue weighted by Crippen LogP contribution is -2.43. The number of hydrogen-bond donors (Lipinski definition) is 1. The van der Waals surface area contributed by atoms with Crippen molar-refractivity contribution in [2.24, 2.45) is 0 Å². The lowest BCUT2D eigenvalue weighted by atomic mass is 10.1. The summed E-state index contributed by atoms with van der Waals surface area (Å²) in [4.78, 5) is 2.32. The minimum atomic E-state index is 0.117. The maximum Gasteiger partial charge on any atom is 0.0754 e. The summed E-state index contributed by atoms with van der Waals surface area (Å²) in [5.41, 5.74) is 1.13. The van der Waals surface area contributed by atoms with Crippen LogP contribution in [0.1, 0.15) is 25.6 Å². The number of aliphatic hydroxyl groups is 1. The summed E-state index contributed by atoms with van der Waals surface area (Å²) in [5, 5.41) is 13.6. The highest BCUT2D eigenvalue weighted by atomic mass is 16.3. The normalized spacial score (nSPS) is 22.7. The summed E-state index contributed by atoms with van der Waals surface area (Å²) in [6, 6.07) is 2.58. The standard InChI is InChI=1S/C10H17N3O/c1-8(2)12-5-6-13-9(3-4-11-13)10(12)7-14/h3-4,8,10,14H,5-7H2,1-2H3. The smallest absolute Gasteiger partial charge is 0.0754 e. The Kier molecular flexibility index (Phi) is 2.56. The SMILES string of the molecule is CC(C)N1CCn2nccc2C1CO. The molecule has 2 rings (SSSR count). The topological polar surface area (TPSA) is 41.3 Å². The van der Waals surface area contributed by atoms with Crippen LogP contribution in [0.3, 0.4) is 0 Å². The van der Waals surface area contributed by atoms with Crippen LogP contribution in [0.25, 0.3) is 0 Å². The van der Waals surface area contributed by atoms with E-state index in [4.69, 9.17) is 0 Å². The van der Waals surface area contributed by atoms with E-state index < -0.39 is 0 Å². The molecule has 0 spiro atoms. The summed E-state index contributed by atoms with van der Waals surface area (Å²) >= 11 is 0. The van der Waals surface area contributed by atoms with Crippen molar-refractivity contribution >= 4 is 0 Å². The third-order valence-corrected chi connectivity index (χ3v) is 2.90. The molecule has 1 N–H and O–H groups in total. The van der Waals surface area contributed by atoms with Gasteiger partial charge in [-0.1, -0.05) is 0 Å². The Hall–Kier alpha value is -0.870. The van der Waals surface area contributed by atoms with Crippen LogP contribution >= 0.6 is 0 Å². The van der Waals surface area contributed by atoms with Crippen molar-refractivity contribution in [3.63, 3.8) is 0 Å². The summed E-state index contributed by atoms with van der Waals surface area (Å²) in [6.07, 6.45) is 1.81. The number of aliphatic hydroxyl groups excluding tert-OH is 1. The number of rotatable bonds is 2. The average molecular weight is 195 g/mol. The van der Waals surface area contributed by atoms with Gasteiger partial charge in [-0.05, 0) is 19.9 Å². The summed E-state index contributed by atoms with van der Waals surface area (Å²) in [6.45, 7) is 6.39. The van der Waals surface area contributed by atoms with Crippen molar-refractivity contribution < 1.29 is 5.11 Å². The second kappa shape index (κ2) is 3.71. The van der Waals surface area contributed by atoms with Crippen LogP contribution in [0.2, 0.25) is 0 Å². The molecule has 0 radical (unpaired) electrons. The molecule has 14 heavy (non-hydrogen) atoms. The van der Waals surface area contributed by atoms with E-state index >= 15 is 0 Å². The molecular formula is C10H17N3O. The van der Waals surface area contributed by atoms with Gasteiger partial charge in [0.1, 0.15) is 0 Å². The number of hydrogen-bond acceptors (Lipinski definition) is 3. The Bertz CT molecular complexity index is 308.